The van der Waals surface area contributed by atoms with E-state index in [1.807, 2.05) is 12.2 Å². The predicted molar refractivity (Wildman–Crippen MR) is 244 cm³/mol. The third kappa shape index (κ3) is 35.6. The second kappa shape index (κ2) is 38.1. The van der Waals surface area contributed by atoms with Crippen LogP contribution in [-0.2, 0) is 42.2 Å². The van der Waals surface area contributed by atoms with Gasteiger partial charge in [0.05, 0.1) is 25.4 Å². The molecule has 0 aromatic heterocycles. The van der Waals surface area contributed by atoms with Crippen LogP contribution in [0.2, 0.25) is 0 Å². The lowest BCUT2D eigenvalue weighted by atomic mass is 10.1. The highest BCUT2D eigenvalue weighted by Crippen LogP contribution is 2.43. The number of carboxylic acid groups (broad SMARTS) is 1. The van der Waals surface area contributed by atoms with Crippen molar-refractivity contribution in [3.8, 4) is 0 Å². The van der Waals surface area contributed by atoms with Gasteiger partial charge in [-0.15, -0.1) is 0 Å². The third-order valence-electron chi connectivity index (χ3n) is 9.24. The van der Waals surface area contributed by atoms with Crippen LogP contribution in [-0.4, -0.2) is 72.1 Å². The van der Waals surface area contributed by atoms with Crippen LogP contribution in [0.4, 0.5) is 0 Å². The average molecular weight is 874 g/mol. The Labute approximate surface area is 366 Å². The lowest BCUT2D eigenvalue weighted by Crippen LogP contribution is -2.34. The molecule has 1 heterocycles. The number of nitrogens with two attached hydrogens (primary N) is 1. The number of esters is 2. The fraction of sp³-hybridized carbons (Fsp3) is 0.604. The summed E-state index contributed by atoms with van der Waals surface area (Å²) in [4.78, 5) is 46.0. The van der Waals surface area contributed by atoms with E-state index >= 15 is 0 Å². The summed E-state index contributed by atoms with van der Waals surface area (Å²) in [6.07, 6.45) is 50.8. The number of unbranched alkanes of at least 4 members (excludes halogenated alkanes) is 6. The van der Waals surface area contributed by atoms with E-state index in [0.717, 1.165) is 70.6 Å². The average Bonchev–Trinajstić information content (AvgIpc) is 3.99. The van der Waals surface area contributed by atoms with Crippen molar-refractivity contribution in [2.24, 2.45) is 5.73 Å². The number of aliphatic carboxylic acids is 1. The first-order valence-corrected chi connectivity index (χ1v) is 23.9. The summed E-state index contributed by atoms with van der Waals surface area (Å²) < 4.78 is 38.4. The molecule has 1 fully saturated rings. The van der Waals surface area contributed by atoms with Gasteiger partial charge in [-0.05, 0) is 89.9 Å². The molecule has 0 aromatic carbocycles. The summed E-state index contributed by atoms with van der Waals surface area (Å²) in [6, 6.07) is -1.54. The number of hydrogen-bond acceptors (Lipinski definition) is 10. The van der Waals surface area contributed by atoms with Crippen LogP contribution in [0.25, 0.3) is 0 Å². The molecule has 344 valence electrons. The van der Waals surface area contributed by atoms with Gasteiger partial charge in [0.25, 0.3) is 0 Å². The first kappa shape index (κ1) is 55.4. The normalized spacial score (nSPS) is 17.9. The molecule has 0 amide bonds. The molecular weight excluding hydrogens is 797 g/mol. The summed E-state index contributed by atoms with van der Waals surface area (Å²) in [5, 5.41) is 8.90. The van der Waals surface area contributed by atoms with Gasteiger partial charge in [-0.3, -0.25) is 23.4 Å². The second-order valence-electron chi connectivity index (χ2n) is 14.8. The van der Waals surface area contributed by atoms with E-state index in [1.165, 1.54) is 25.7 Å². The molecule has 3 unspecified atom stereocenters. The van der Waals surface area contributed by atoms with Gasteiger partial charge < -0.3 is 29.9 Å². The smallest absolute Gasteiger partial charge is 0.472 e. The lowest BCUT2D eigenvalue weighted by molar-refractivity contribution is -0.161. The van der Waals surface area contributed by atoms with Gasteiger partial charge in [0.15, 0.2) is 6.10 Å². The van der Waals surface area contributed by atoms with Crippen LogP contribution in [0.15, 0.2) is 97.2 Å². The Kier molecular flexibility index (Phi) is 34.6. The maximum Gasteiger partial charge on any atom is 0.472 e. The SMILES string of the molecule is CC/C=C\C/C=C\C/C=C\C/C=C\C/C=C\CCCCCC(=O)O[C@H](COC(=O)CCC/C=C\C/C=C\C/C=C\CC1OC1CCCCC)COP(=O)(O)OC[C@H](N)C(=O)O. The van der Waals surface area contributed by atoms with Crippen LogP contribution in [0, 0.1) is 0 Å². The number of phosphoric ester groups is 1. The van der Waals surface area contributed by atoms with E-state index < -0.39 is 57.7 Å². The fourth-order valence-electron chi connectivity index (χ4n) is 5.65. The van der Waals surface area contributed by atoms with E-state index in [9.17, 15) is 23.8 Å². The minimum Gasteiger partial charge on any atom is -0.480 e. The molecule has 61 heavy (non-hydrogen) atoms. The molecule has 4 N–H and O–H groups in total. The van der Waals surface area contributed by atoms with Crippen LogP contribution in [0.3, 0.4) is 0 Å². The molecule has 0 radical (unpaired) electrons. The zero-order valence-electron chi connectivity index (χ0n) is 36.9. The predicted octanol–water partition coefficient (Wildman–Crippen LogP) is 11.0. The van der Waals surface area contributed by atoms with Crippen molar-refractivity contribution in [3.05, 3.63) is 97.2 Å². The monoisotopic (exact) mass is 874 g/mol. The molecule has 0 aliphatic carbocycles. The molecule has 13 heteroatoms. The Morgan fingerprint density at radius 2 is 1.15 bits per heavy atom. The number of phosphoric acid groups is 1. The van der Waals surface area contributed by atoms with E-state index in [-0.39, 0.29) is 12.8 Å². The first-order chi connectivity index (χ1) is 29.6. The van der Waals surface area contributed by atoms with Crippen LogP contribution in [0.1, 0.15) is 142 Å². The standard InChI is InChI=1S/C48H76NO11P/c1-3-5-7-8-9-10-11-12-13-14-15-16-17-18-19-24-27-30-34-38-47(51)59-42(40-57-61(54,55)58-41-43(49)48(52)53)39-56-46(50)37-33-29-26-23-21-20-22-25-28-32-36-45-44(60-45)35-31-6-4-2/h5,7,9-10,12-13,15-16,18-20,22-23,26,28,32,42-45H,3-4,6,8,11,14,17,21,24-25,27,29-31,33-41,49H2,1-2H3,(H,52,53)(H,54,55)/b7-5-,10-9-,13-12-,16-15-,19-18-,22-20-,26-23-,32-28-/t42-,43+,44?,45?/m1/s1. The van der Waals surface area contributed by atoms with Crippen molar-refractivity contribution in [1.29, 1.82) is 0 Å². The van der Waals surface area contributed by atoms with Crippen molar-refractivity contribution in [2.75, 3.05) is 19.8 Å². The van der Waals surface area contributed by atoms with Gasteiger partial charge in [0, 0.05) is 12.8 Å². The number of allylic oxidation sites excluding steroid dienone is 15. The quantitative estimate of drug-likeness (QED) is 0.0175. The highest BCUT2D eigenvalue weighted by Gasteiger charge is 2.36. The highest BCUT2D eigenvalue weighted by atomic mass is 31.2. The Hall–Kier alpha value is -3.64. The minimum atomic E-state index is -4.75. The Morgan fingerprint density at radius 3 is 1.72 bits per heavy atom. The molecule has 0 bridgehead atoms. The lowest BCUT2D eigenvalue weighted by Gasteiger charge is -2.20. The number of ether oxygens (including phenoxy) is 3. The molecule has 0 aromatic rings. The zero-order valence-corrected chi connectivity index (χ0v) is 37.8. The van der Waals surface area contributed by atoms with Gasteiger partial charge in [0.2, 0.25) is 0 Å². The van der Waals surface area contributed by atoms with Crippen molar-refractivity contribution in [2.45, 2.75) is 167 Å². The molecule has 1 aliphatic heterocycles. The van der Waals surface area contributed by atoms with Gasteiger partial charge in [0.1, 0.15) is 12.6 Å². The third-order valence-corrected chi connectivity index (χ3v) is 10.2. The van der Waals surface area contributed by atoms with Crippen LogP contribution >= 0.6 is 7.82 Å². The summed E-state index contributed by atoms with van der Waals surface area (Å²) in [5.41, 5.74) is 5.33. The Bertz CT molecular complexity index is 1460. The summed E-state index contributed by atoms with van der Waals surface area (Å²) in [7, 11) is -4.75. The molecule has 0 spiro atoms. The Balaban J connectivity index is 2.34. The van der Waals surface area contributed by atoms with Crippen LogP contribution < -0.4 is 5.73 Å². The molecule has 1 aliphatic rings. The number of carboxylic acids is 1. The number of hydrogen-bond donors (Lipinski definition) is 3. The fourth-order valence-corrected chi connectivity index (χ4v) is 6.42. The van der Waals surface area contributed by atoms with E-state index in [2.05, 4.69) is 103 Å². The molecule has 1 saturated heterocycles. The summed E-state index contributed by atoms with van der Waals surface area (Å²) in [6.45, 7) is 2.54. The van der Waals surface area contributed by atoms with Crippen molar-refractivity contribution < 1.29 is 52.2 Å². The van der Waals surface area contributed by atoms with Gasteiger partial charge in [-0.2, -0.15) is 0 Å². The summed E-state index contributed by atoms with van der Waals surface area (Å²) >= 11 is 0. The number of rotatable bonds is 39. The van der Waals surface area contributed by atoms with Crippen molar-refractivity contribution >= 4 is 25.7 Å². The number of epoxide rings is 1. The topological polar surface area (TPSA) is 184 Å². The van der Waals surface area contributed by atoms with Gasteiger partial charge in [-0.1, -0.05) is 137 Å². The molecular formula is C48H76NO11P. The second-order valence-corrected chi connectivity index (χ2v) is 16.3. The zero-order chi connectivity index (χ0) is 44.7. The number of carbonyl (C=O) groups excluding carboxylic acids is 2. The molecule has 12 nitrogen and oxygen atoms in total. The van der Waals surface area contributed by atoms with E-state index in [4.69, 9.17) is 29.6 Å². The Morgan fingerprint density at radius 1 is 0.623 bits per heavy atom. The van der Waals surface area contributed by atoms with Gasteiger partial charge >= 0.3 is 25.7 Å². The van der Waals surface area contributed by atoms with E-state index in [0.29, 0.717) is 31.5 Å². The molecule has 1 rings (SSSR count). The maximum atomic E-state index is 12.6. The molecule has 0 saturated carbocycles. The largest absolute Gasteiger partial charge is 0.480 e. The van der Waals surface area contributed by atoms with E-state index in [1.54, 1.807) is 0 Å². The van der Waals surface area contributed by atoms with Crippen LogP contribution in [0.5, 0.6) is 0 Å². The van der Waals surface area contributed by atoms with Gasteiger partial charge in [-0.25, -0.2) is 4.57 Å². The molecule has 5 atom stereocenters. The maximum absolute atomic E-state index is 12.6. The van der Waals surface area contributed by atoms with Crippen molar-refractivity contribution in [3.63, 3.8) is 0 Å². The number of carbonyl (C=O) groups is 3. The summed E-state index contributed by atoms with van der Waals surface area (Å²) in [5.74, 6) is -2.51. The first-order valence-electron chi connectivity index (χ1n) is 22.4. The minimum absolute atomic E-state index is 0.102. The van der Waals surface area contributed by atoms with Crippen molar-refractivity contribution in [1.82, 2.24) is 0 Å². The highest BCUT2D eigenvalue weighted by molar-refractivity contribution is 7.47.